The van der Waals surface area contributed by atoms with Crippen molar-refractivity contribution in [2.24, 2.45) is 5.11 Å². The normalized spacial score (nSPS) is 24.0. The summed E-state index contributed by atoms with van der Waals surface area (Å²) in [6.45, 7) is 1.90. The van der Waals surface area contributed by atoms with Crippen molar-refractivity contribution in [3.63, 3.8) is 0 Å². The van der Waals surface area contributed by atoms with Gasteiger partial charge >= 0.3 is 19.4 Å². The Hall–Kier alpha value is -3.89. The molecule has 0 bridgehead atoms. The molecule has 1 aromatic carbocycles. The summed E-state index contributed by atoms with van der Waals surface area (Å²) >= 11 is 0. The lowest BCUT2D eigenvalue weighted by molar-refractivity contribution is -0.144. The first kappa shape index (κ1) is 31.6. The summed E-state index contributed by atoms with van der Waals surface area (Å²) < 4.78 is 47.2. The Morgan fingerprint density at radius 2 is 2.00 bits per heavy atom. The van der Waals surface area contributed by atoms with Gasteiger partial charge in [-0.1, -0.05) is 11.2 Å². The molecule has 2 heterocycles. The molecule has 1 aliphatic heterocycles. The summed E-state index contributed by atoms with van der Waals surface area (Å²) in [4.78, 5) is 30.9. The van der Waals surface area contributed by atoms with Crippen molar-refractivity contribution in [1.82, 2.24) is 14.6 Å². The molecule has 41 heavy (non-hydrogen) atoms. The van der Waals surface area contributed by atoms with Crippen molar-refractivity contribution < 1.29 is 47.6 Å². The van der Waals surface area contributed by atoms with Gasteiger partial charge in [-0.05, 0) is 37.6 Å². The number of aliphatic hydroxyl groups excluding tert-OH is 2. The average Bonchev–Trinajstić information content (AvgIpc) is 3.17. The second-order valence-corrected chi connectivity index (χ2v) is 10.2. The highest BCUT2D eigenvalue weighted by atomic mass is 31.2. The van der Waals surface area contributed by atoms with E-state index in [0.29, 0.717) is 0 Å². The topological polar surface area (TPSA) is 252 Å². The van der Waals surface area contributed by atoms with Crippen LogP contribution in [0.1, 0.15) is 20.1 Å². The number of hydrogen-bond donors (Lipinski definition) is 4. The second-order valence-electron chi connectivity index (χ2n) is 8.48. The molecule has 1 fully saturated rings. The van der Waals surface area contributed by atoms with Crippen LogP contribution in [0.25, 0.3) is 10.4 Å². The Kier molecular flexibility index (Phi) is 10.2. The molecule has 19 heteroatoms. The van der Waals surface area contributed by atoms with Gasteiger partial charge in [0.05, 0.1) is 27.4 Å². The molecule has 0 spiro atoms. The lowest BCUT2D eigenvalue weighted by Gasteiger charge is -2.30. The first-order valence-electron chi connectivity index (χ1n) is 12.0. The molecule has 6 atom stereocenters. The Balaban J connectivity index is 2.00. The smallest absolute Gasteiger partial charge is 0.459 e. The van der Waals surface area contributed by atoms with Gasteiger partial charge in [0, 0.05) is 11.1 Å². The van der Waals surface area contributed by atoms with Crippen LogP contribution in [0, 0.1) is 0 Å². The van der Waals surface area contributed by atoms with Gasteiger partial charge in [-0.25, -0.2) is 9.36 Å². The van der Waals surface area contributed by atoms with E-state index in [1.165, 1.54) is 39.3 Å². The maximum Gasteiger partial charge on any atom is 0.459 e. The van der Waals surface area contributed by atoms with E-state index in [1.54, 1.807) is 13.0 Å². The highest BCUT2D eigenvalue weighted by molar-refractivity contribution is 7.52. The lowest BCUT2D eigenvalue weighted by Crippen LogP contribution is -2.45. The highest BCUT2D eigenvalue weighted by Crippen LogP contribution is 2.52. The zero-order valence-corrected chi connectivity index (χ0v) is 23.3. The van der Waals surface area contributed by atoms with Crippen LogP contribution in [0.5, 0.6) is 17.2 Å². The molecule has 0 amide bonds. The molecule has 0 saturated carbocycles. The second kappa shape index (κ2) is 13.2. The number of esters is 1. The zero-order chi connectivity index (χ0) is 30.4. The summed E-state index contributed by atoms with van der Waals surface area (Å²) in [6.07, 6.45) is -4.35. The third-order valence-electron chi connectivity index (χ3n) is 5.77. The van der Waals surface area contributed by atoms with E-state index in [4.69, 9.17) is 33.7 Å². The van der Waals surface area contributed by atoms with Crippen LogP contribution in [-0.4, -0.2) is 77.1 Å². The predicted molar refractivity (Wildman–Crippen MR) is 140 cm³/mol. The van der Waals surface area contributed by atoms with Crippen LogP contribution in [0.4, 0.5) is 5.82 Å². The number of ether oxygens (including phenoxy) is 4. The molecule has 0 aliphatic carbocycles. The molecule has 1 aromatic heterocycles. The average molecular weight is 599 g/mol. The van der Waals surface area contributed by atoms with Gasteiger partial charge < -0.3 is 39.4 Å². The molecule has 18 nitrogen and oxygen atoms in total. The Morgan fingerprint density at radius 1 is 1.34 bits per heavy atom. The number of azide groups is 1. The van der Waals surface area contributed by atoms with E-state index in [-0.39, 0.29) is 29.7 Å². The summed E-state index contributed by atoms with van der Waals surface area (Å²) in [7, 11) is -2.06. The van der Waals surface area contributed by atoms with Crippen molar-refractivity contribution in [1.29, 1.82) is 0 Å². The first-order chi connectivity index (χ1) is 19.4. The van der Waals surface area contributed by atoms with E-state index in [0.717, 1.165) is 10.8 Å². The molecule has 2 unspecified atom stereocenters. The van der Waals surface area contributed by atoms with E-state index < -0.39 is 56.2 Å². The van der Waals surface area contributed by atoms with Gasteiger partial charge in [0.1, 0.15) is 24.1 Å². The fourth-order valence-corrected chi connectivity index (χ4v) is 5.31. The van der Waals surface area contributed by atoms with Crippen LogP contribution in [0.15, 0.2) is 40.4 Å². The van der Waals surface area contributed by atoms with Gasteiger partial charge in [-0.3, -0.25) is 13.9 Å². The number of benzene rings is 1. The molecule has 224 valence electrons. The number of nitrogens with zero attached hydrogens (tertiary/aromatic N) is 5. The number of carbonyl (C=O) groups excluding carboxylic acids is 1. The molecule has 1 saturated heterocycles. The maximum absolute atomic E-state index is 14.1. The zero-order valence-electron chi connectivity index (χ0n) is 22.4. The van der Waals surface area contributed by atoms with Gasteiger partial charge in [-0.2, -0.15) is 10.1 Å². The number of anilines is 1. The largest absolute Gasteiger partial charge is 0.493 e. The maximum atomic E-state index is 14.1. The highest BCUT2D eigenvalue weighted by Gasteiger charge is 2.56. The van der Waals surface area contributed by atoms with Crippen LogP contribution in [0.2, 0.25) is 0 Å². The minimum absolute atomic E-state index is 0.0237. The van der Waals surface area contributed by atoms with Gasteiger partial charge in [-0.15, -0.1) is 0 Å². The molecule has 2 aromatic rings. The summed E-state index contributed by atoms with van der Waals surface area (Å²) in [5.41, 5.74) is 11.4. The SMILES string of the molecule is CCOC(=O)[C@H](C)NP(=O)(OCC1(N=[N+]=[N-])O[C@@H](n2ccc(N)nc2=O)[C@H](O)[C@@H]1O)Oc1c(OC)cccc1OC. The Labute approximate surface area is 233 Å². The number of nitrogens with two attached hydrogens (primary N) is 1. The van der Waals surface area contributed by atoms with Crippen LogP contribution >= 0.6 is 7.75 Å². The van der Waals surface area contributed by atoms with Crippen molar-refractivity contribution in [3.05, 3.63) is 51.4 Å². The van der Waals surface area contributed by atoms with E-state index in [2.05, 4.69) is 20.1 Å². The lowest BCUT2D eigenvalue weighted by atomic mass is 10.1. The van der Waals surface area contributed by atoms with Crippen LogP contribution < -0.4 is 30.5 Å². The van der Waals surface area contributed by atoms with Gasteiger partial charge in [0.25, 0.3) is 0 Å². The quantitative estimate of drug-likeness (QED) is 0.0819. The third-order valence-corrected chi connectivity index (χ3v) is 7.37. The Morgan fingerprint density at radius 3 is 2.56 bits per heavy atom. The standard InChI is InChI=1S/C22H30N7O11P/c1-5-37-20(32)12(2)26-41(34,40-17-13(35-3)7-6-8-14(17)36-4)38-11-22(27-28-24)18(31)16(30)19(39-22)29-10-9-15(23)25-21(29)33/h6-10,12,16,18-19,30-31H,5,11H2,1-4H3,(H,26,34)(H2,23,25,33)/t12-,16+,18-,19+,22?,41?/m0/s1. The monoisotopic (exact) mass is 599 g/mol. The van der Waals surface area contributed by atoms with E-state index in [9.17, 15) is 29.9 Å². The van der Waals surface area contributed by atoms with Crippen molar-refractivity contribution >= 4 is 19.5 Å². The van der Waals surface area contributed by atoms with E-state index in [1.807, 2.05) is 0 Å². The molecule has 5 N–H and O–H groups in total. The van der Waals surface area contributed by atoms with Gasteiger partial charge in [0.2, 0.25) is 11.5 Å². The van der Waals surface area contributed by atoms with E-state index >= 15 is 0 Å². The Bertz CT molecular complexity index is 1380. The molecule has 1 aliphatic rings. The van der Waals surface area contributed by atoms with Crippen LogP contribution in [-0.2, 0) is 23.4 Å². The fraction of sp³-hybridized carbons (Fsp3) is 0.500. The van der Waals surface area contributed by atoms with Crippen molar-refractivity contribution in [2.45, 2.75) is 44.1 Å². The van der Waals surface area contributed by atoms with Crippen LogP contribution in [0.3, 0.4) is 0 Å². The number of hydrogen-bond acceptors (Lipinski definition) is 14. The first-order valence-corrected chi connectivity index (χ1v) is 13.5. The van der Waals surface area contributed by atoms with Crippen molar-refractivity contribution in [2.75, 3.05) is 33.2 Å². The molecular weight excluding hydrogens is 569 g/mol. The summed E-state index contributed by atoms with van der Waals surface area (Å²) in [6, 6.07) is 4.49. The van der Waals surface area contributed by atoms with Gasteiger partial charge in [0.15, 0.2) is 17.7 Å². The number of aliphatic hydroxyl groups is 2. The molecular formula is C22H30N7O11P. The predicted octanol–water partition coefficient (Wildman–Crippen LogP) is 0.845. The minimum atomic E-state index is -4.69. The fourth-order valence-electron chi connectivity index (χ4n) is 3.77. The molecule has 3 rings (SSSR count). The summed E-state index contributed by atoms with van der Waals surface area (Å²) in [5, 5.41) is 27.4. The minimum Gasteiger partial charge on any atom is -0.493 e. The summed E-state index contributed by atoms with van der Waals surface area (Å²) in [5.74, 6) is -0.958. The molecule has 0 radical (unpaired) electrons. The number of aromatic nitrogens is 2. The third kappa shape index (κ3) is 6.89. The number of nitrogens with one attached hydrogen (secondary N) is 1. The number of para-hydroxylation sites is 1. The number of carbonyl (C=O) groups is 1. The van der Waals surface area contributed by atoms with Crippen molar-refractivity contribution in [3.8, 4) is 17.2 Å². The number of nitrogen functional groups attached to an aromatic ring is 1. The number of rotatable bonds is 13. The number of methoxy groups -OCH3 is 2.